The summed E-state index contributed by atoms with van der Waals surface area (Å²) in [7, 11) is 0. The van der Waals surface area contributed by atoms with E-state index in [9.17, 15) is 0 Å². The van der Waals surface area contributed by atoms with Gasteiger partial charge in [-0.3, -0.25) is 0 Å². The fourth-order valence-electron chi connectivity index (χ4n) is 7.20. The van der Waals surface area contributed by atoms with Gasteiger partial charge >= 0.3 is 0 Å². The van der Waals surface area contributed by atoms with Crippen molar-refractivity contribution < 1.29 is 0 Å². The molecular formula is C51H37N3. The second-order valence-electron chi connectivity index (χ2n) is 13.5. The molecule has 3 nitrogen and oxygen atoms in total. The standard InChI is InChI=1S/C51H37N3/c1-6-18-36(19-7-1)41-30-42(37-20-8-2-9-21-37)32-43(31-41)44-33-45(48-29-17-16-28-47(48)38-22-10-3-11-23-38)35-46(34-44)51-53-49(39-24-12-4-13-25-39)52-50(54-51)40-26-14-5-15-27-40/h1-35,49H,(H,52,53,54). The zero-order valence-electron chi connectivity index (χ0n) is 29.7. The maximum absolute atomic E-state index is 5.23. The van der Waals surface area contributed by atoms with E-state index in [2.05, 4.69) is 193 Å². The molecule has 0 radical (unpaired) electrons. The fourth-order valence-corrected chi connectivity index (χ4v) is 7.20. The fraction of sp³-hybridized carbons (Fsp3) is 0.0196. The minimum Gasteiger partial charge on any atom is -0.344 e. The number of amidine groups is 2. The zero-order valence-corrected chi connectivity index (χ0v) is 29.7. The molecule has 3 heteroatoms. The van der Waals surface area contributed by atoms with Crippen molar-refractivity contribution in [1.82, 2.24) is 5.32 Å². The summed E-state index contributed by atoms with van der Waals surface area (Å²) in [5.41, 5.74) is 14.6. The Hall–Kier alpha value is -7.10. The third-order valence-electron chi connectivity index (χ3n) is 9.90. The quantitative estimate of drug-likeness (QED) is 0.169. The molecule has 0 saturated heterocycles. The summed E-state index contributed by atoms with van der Waals surface area (Å²) < 4.78 is 0. The van der Waals surface area contributed by atoms with Crippen LogP contribution >= 0.6 is 0 Å². The summed E-state index contributed by atoms with van der Waals surface area (Å²) in [5.74, 6) is 1.48. The summed E-state index contributed by atoms with van der Waals surface area (Å²) in [6.07, 6.45) is -0.302. The number of hydrogen-bond donors (Lipinski definition) is 1. The van der Waals surface area contributed by atoms with Gasteiger partial charge in [0.25, 0.3) is 0 Å². The molecule has 0 aromatic heterocycles. The van der Waals surface area contributed by atoms with Crippen molar-refractivity contribution in [2.24, 2.45) is 9.98 Å². The Kier molecular flexibility index (Phi) is 9.02. The van der Waals surface area contributed by atoms with Crippen LogP contribution in [0.2, 0.25) is 0 Å². The number of benzene rings is 8. The smallest absolute Gasteiger partial charge is 0.159 e. The average molecular weight is 692 g/mol. The highest BCUT2D eigenvalue weighted by molar-refractivity contribution is 6.14. The Morgan fingerprint density at radius 2 is 0.685 bits per heavy atom. The molecule has 1 N–H and O–H groups in total. The Morgan fingerprint density at radius 3 is 1.22 bits per heavy atom. The van der Waals surface area contributed by atoms with E-state index in [0.29, 0.717) is 5.84 Å². The van der Waals surface area contributed by atoms with Gasteiger partial charge < -0.3 is 5.32 Å². The van der Waals surface area contributed by atoms with Gasteiger partial charge in [0.2, 0.25) is 0 Å². The minimum atomic E-state index is -0.302. The number of aliphatic imine (C=N–C) groups is 2. The Bertz CT molecular complexity index is 2540. The van der Waals surface area contributed by atoms with E-state index in [1.165, 1.54) is 33.4 Å². The van der Waals surface area contributed by atoms with E-state index in [1.54, 1.807) is 0 Å². The largest absolute Gasteiger partial charge is 0.344 e. The van der Waals surface area contributed by atoms with Crippen molar-refractivity contribution >= 4 is 11.7 Å². The van der Waals surface area contributed by atoms with E-state index < -0.39 is 0 Å². The monoisotopic (exact) mass is 691 g/mol. The Balaban J connectivity index is 1.27. The van der Waals surface area contributed by atoms with E-state index in [0.717, 1.165) is 44.8 Å². The van der Waals surface area contributed by atoms with Gasteiger partial charge in [-0.2, -0.15) is 0 Å². The molecule has 0 bridgehead atoms. The Morgan fingerprint density at radius 1 is 0.315 bits per heavy atom. The van der Waals surface area contributed by atoms with E-state index in [-0.39, 0.29) is 6.17 Å². The van der Waals surface area contributed by atoms with Crippen LogP contribution in [0, 0.1) is 0 Å². The molecule has 54 heavy (non-hydrogen) atoms. The topological polar surface area (TPSA) is 36.8 Å². The first kappa shape index (κ1) is 32.8. The first-order valence-corrected chi connectivity index (χ1v) is 18.4. The summed E-state index contributed by atoms with van der Waals surface area (Å²) in [5, 5.41) is 3.73. The highest BCUT2D eigenvalue weighted by atomic mass is 15.2. The van der Waals surface area contributed by atoms with Gasteiger partial charge in [0, 0.05) is 11.1 Å². The molecule has 1 unspecified atom stereocenters. The lowest BCUT2D eigenvalue weighted by Gasteiger charge is -2.24. The van der Waals surface area contributed by atoms with Gasteiger partial charge in [-0.15, -0.1) is 0 Å². The predicted octanol–water partition coefficient (Wildman–Crippen LogP) is 12.5. The molecule has 0 fully saturated rings. The maximum atomic E-state index is 5.23. The molecular weight excluding hydrogens is 655 g/mol. The summed E-state index contributed by atoms with van der Waals surface area (Å²) >= 11 is 0. The van der Waals surface area contributed by atoms with Crippen molar-refractivity contribution in [3.05, 3.63) is 229 Å². The van der Waals surface area contributed by atoms with Gasteiger partial charge in [0.15, 0.2) is 5.84 Å². The summed E-state index contributed by atoms with van der Waals surface area (Å²) in [6, 6.07) is 75.0. The molecule has 0 amide bonds. The van der Waals surface area contributed by atoms with Crippen LogP contribution in [0.1, 0.15) is 22.9 Å². The molecule has 1 heterocycles. The molecule has 0 spiro atoms. The summed E-state index contributed by atoms with van der Waals surface area (Å²) in [4.78, 5) is 10.4. The van der Waals surface area contributed by atoms with Gasteiger partial charge in [0.1, 0.15) is 12.0 Å². The average Bonchev–Trinajstić information content (AvgIpc) is 3.27. The van der Waals surface area contributed by atoms with Crippen LogP contribution in [0.4, 0.5) is 0 Å². The first-order chi connectivity index (χ1) is 26.7. The third kappa shape index (κ3) is 6.91. The van der Waals surface area contributed by atoms with E-state index in [1.807, 2.05) is 24.3 Å². The number of nitrogens with zero attached hydrogens (tertiary/aromatic N) is 2. The minimum absolute atomic E-state index is 0.302. The first-order valence-electron chi connectivity index (χ1n) is 18.4. The van der Waals surface area contributed by atoms with Crippen molar-refractivity contribution in [2.45, 2.75) is 6.17 Å². The molecule has 0 saturated carbocycles. The van der Waals surface area contributed by atoms with E-state index in [4.69, 9.17) is 9.98 Å². The second-order valence-corrected chi connectivity index (χ2v) is 13.5. The normalized spacial score (nSPS) is 13.7. The van der Waals surface area contributed by atoms with Crippen molar-refractivity contribution in [1.29, 1.82) is 0 Å². The SMILES string of the molecule is c1ccc(C2=NC(c3ccccc3)NC(c3cc(-c4cc(-c5ccccc5)cc(-c5ccccc5)c4)cc(-c4ccccc4-c4ccccc4)c3)=N2)cc1. The van der Waals surface area contributed by atoms with Crippen LogP contribution in [0.15, 0.2) is 222 Å². The molecule has 1 aliphatic heterocycles. The number of nitrogens with one attached hydrogen (secondary N) is 1. The molecule has 256 valence electrons. The van der Waals surface area contributed by atoms with Gasteiger partial charge in [-0.1, -0.05) is 176 Å². The summed E-state index contributed by atoms with van der Waals surface area (Å²) in [6.45, 7) is 0. The third-order valence-corrected chi connectivity index (χ3v) is 9.90. The van der Waals surface area contributed by atoms with Crippen LogP contribution in [-0.4, -0.2) is 11.7 Å². The second kappa shape index (κ2) is 14.9. The number of hydrogen-bond acceptors (Lipinski definition) is 3. The maximum Gasteiger partial charge on any atom is 0.159 e. The highest BCUT2D eigenvalue weighted by Gasteiger charge is 2.22. The number of rotatable bonds is 8. The lowest BCUT2D eigenvalue weighted by atomic mass is 9.89. The highest BCUT2D eigenvalue weighted by Crippen LogP contribution is 2.38. The zero-order chi connectivity index (χ0) is 36.1. The van der Waals surface area contributed by atoms with Crippen molar-refractivity contribution in [3.8, 4) is 55.6 Å². The molecule has 8 aromatic carbocycles. The van der Waals surface area contributed by atoms with Crippen molar-refractivity contribution in [3.63, 3.8) is 0 Å². The van der Waals surface area contributed by atoms with E-state index >= 15 is 0 Å². The lowest BCUT2D eigenvalue weighted by molar-refractivity contribution is 0.674. The van der Waals surface area contributed by atoms with Crippen LogP contribution in [-0.2, 0) is 0 Å². The molecule has 1 atom stereocenters. The molecule has 1 aliphatic rings. The van der Waals surface area contributed by atoms with Crippen LogP contribution in [0.3, 0.4) is 0 Å². The van der Waals surface area contributed by atoms with Crippen molar-refractivity contribution in [2.75, 3.05) is 0 Å². The van der Waals surface area contributed by atoms with Gasteiger partial charge in [-0.05, 0) is 97.6 Å². The van der Waals surface area contributed by atoms with Crippen LogP contribution < -0.4 is 5.32 Å². The lowest BCUT2D eigenvalue weighted by Crippen LogP contribution is -2.33. The van der Waals surface area contributed by atoms with Crippen LogP contribution in [0.5, 0.6) is 0 Å². The van der Waals surface area contributed by atoms with Gasteiger partial charge in [0.05, 0.1) is 0 Å². The molecule has 0 aliphatic carbocycles. The Labute approximate surface area is 316 Å². The van der Waals surface area contributed by atoms with Crippen LogP contribution in [0.25, 0.3) is 55.6 Å². The molecule has 8 aromatic rings. The van der Waals surface area contributed by atoms with Gasteiger partial charge in [-0.25, -0.2) is 9.98 Å². The molecule has 9 rings (SSSR count). The predicted molar refractivity (Wildman–Crippen MR) is 225 cm³/mol.